The van der Waals surface area contributed by atoms with Gasteiger partial charge in [0, 0.05) is 48.0 Å². The lowest BCUT2D eigenvalue weighted by atomic mass is 10.1. The number of pyridine rings is 2. The standard InChI is InChI=1S/C21H23Cl2N5O2/c1-21(2,3)30-20(29)27-8-6-26(7-9-27)19-12-15(23)10-17(25-19)16-13-24-28-5-4-14(22)11-18(16)28/h4-5,10-13H,6-9H2,1-3H3. The zero-order valence-corrected chi connectivity index (χ0v) is 18.6. The van der Waals surface area contributed by atoms with E-state index >= 15 is 0 Å². The molecule has 0 aliphatic carbocycles. The predicted molar refractivity (Wildman–Crippen MR) is 118 cm³/mol. The SMILES string of the molecule is CC(C)(C)OC(=O)N1CCN(c2cc(Cl)cc(-c3cnn4ccc(Cl)cc34)n2)CC1. The summed E-state index contributed by atoms with van der Waals surface area (Å²) in [7, 11) is 0. The zero-order chi connectivity index (χ0) is 21.5. The van der Waals surface area contributed by atoms with E-state index in [4.69, 9.17) is 32.9 Å². The Labute approximate surface area is 185 Å². The Balaban J connectivity index is 1.55. The molecule has 3 aromatic heterocycles. The van der Waals surface area contributed by atoms with Crippen molar-refractivity contribution in [1.82, 2.24) is 19.5 Å². The van der Waals surface area contributed by atoms with Crippen molar-refractivity contribution in [2.45, 2.75) is 26.4 Å². The van der Waals surface area contributed by atoms with Crippen molar-refractivity contribution < 1.29 is 9.53 Å². The summed E-state index contributed by atoms with van der Waals surface area (Å²) in [6, 6.07) is 7.30. The van der Waals surface area contributed by atoms with Gasteiger partial charge in [0.1, 0.15) is 11.4 Å². The number of halogens is 2. The molecule has 158 valence electrons. The van der Waals surface area contributed by atoms with Gasteiger partial charge in [0.15, 0.2) is 0 Å². The molecule has 9 heteroatoms. The summed E-state index contributed by atoms with van der Waals surface area (Å²) in [6.07, 6.45) is 3.28. The minimum absolute atomic E-state index is 0.287. The maximum absolute atomic E-state index is 12.3. The third-order valence-electron chi connectivity index (χ3n) is 4.79. The van der Waals surface area contributed by atoms with Gasteiger partial charge in [0.2, 0.25) is 0 Å². The molecule has 1 amide bonds. The van der Waals surface area contributed by atoms with Crippen LogP contribution in [0.4, 0.5) is 10.6 Å². The smallest absolute Gasteiger partial charge is 0.410 e. The normalized spacial score (nSPS) is 15.0. The van der Waals surface area contributed by atoms with Crippen molar-refractivity contribution in [3.8, 4) is 11.3 Å². The Kier molecular flexibility index (Phi) is 5.51. The molecule has 0 bridgehead atoms. The van der Waals surface area contributed by atoms with E-state index in [0.29, 0.717) is 36.2 Å². The third kappa shape index (κ3) is 4.47. The molecule has 1 aliphatic rings. The van der Waals surface area contributed by atoms with Gasteiger partial charge in [-0.2, -0.15) is 5.10 Å². The fraction of sp³-hybridized carbons (Fsp3) is 0.381. The van der Waals surface area contributed by atoms with Crippen LogP contribution in [-0.4, -0.2) is 57.4 Å². The predicted octanol–water partition coefficient (Wildman–Crippen LogP) is 4.76. The summed E-state index contributed by atoms with van der Waals surface area (Å²) in [6.45, 7) is 8.01. The average Bonchev–Trinajstić information content (AvgIpc) is 3.09. The largest absolute Gasteiger partial charge is 0.444 e. The zero-order valence-electron chi connectivity index (χ0n) is 17.1. The first kappa shape index (κ1) is 20.8. The summed E-state index contributed by atoms with van der Waals surface area (Å²) >= 11 is 12.6. The first-order valence-corrected chi connectivity index (χ1v) is 10.5. The molecule has 1 aliphatic heterocycles. The molecule has 1 saturated heterocycles. The number of ether oxygens (including phenoxy) is 1. The molecule has 0 spiro atoms. The maximum Gasteiger partial charge on any atom is 0.410 e. The van der Waals surface area contributed by atoms with E-state index < -0.39 is 5.60 Å². The van der Waals surface area contributed by atoms with Gasteiger partial charge in [-0.1, -0.05) is 23.2 Å². The highest BCUT2D eigenvalue weighted by Gasteiger charge is 2.26. The van der Waals surface area contributed by atoms with Crippen molar-refractivity contribution in [3.63, 3.8) is 0 Å². The quantitative estimate of drug-likeness (QED) is 0.566. The molecule has 0 N–H and O–H groups in total. The van der Waals surface area contributed by atoms with Crippen LogP contribution in [0.1, 0.15) is 20.8 Å². The monoisotopic (exact) mass is 447 g/mol. The van der Waals surface area contributed by atoms with Crippen LogP contribution < -0.4 is 4.90 Å². The number of carbonyl (C=O) groups is 1. The fourth-order valence-corrected chi connectivity index (χ4v) is 3.74. The van der Waals surface area contributed by atoms with Gasteiger partial charge in [-0.3, -0.25) is 0 Å². The van der Waals surface area contributed by atoms with E-state index in [2.05, 4.69) is 10.00 Å². The van der Waals surface area contributed by atoms with Crippen LogP contribution in [0, 0.1) is 0 Å². The second kappa shape index (κ2) is 7.96. The summed E-state index contributed by atoms with van der Waals surface area (Å²) in [4.78, 5) is 21.0. The number of hydrogen-bond acceptors (Lipinski definition) is 5. The lowest BCUT2D eigenvalue weighted by molar-refractivity contribution is 0.0240. The highest BCUT2D eigenvalue weighted by molar-refractivity contribution is 6.31. The van der Waals surface area contributed by atoms with Crippen LogP contribution in [0.3, 0.4) is 0 Å². The highest BCUT2D eigenvalue weighted by atomic mass is 35.5. The molecule has 0 saturated carbocycles. The van der Waals surface area contributed by atoms with Crippen molar-refractivity contribution in [1.29, 1.82) is 0 Å². The molecule has 30 heavy (non-hydrogen) atoms. The van der Waals surface area contributed by atoms with Crippen molar-refractivity contribution >= 4 is 40.6 Å². The van der Waals surface area contributed by atoms with Crippen molar-refractivity contribution in [2.75, 3.05) is 31.1 Å². The number of rotatable bonds is 2. The average molecular weight is 448 g/mol. The van der Waals surface area contributed by atoms with Gasteiger partial charge in [-0.15, -0.1) is 0 Å². The summed E-state index contributed by atoms with van der Waals surface area (Å²) in [5, 5.41) is 5.59. The molecule has 3 aromatic rings. The van der Waals surface area contributed by atoms with E-state index in [1.165, 1.54) is 0 Å². The van der Waals surface area contributed by atoms with Crippen LogP contribution >= 0.6 is 23.2 Å². The molecule has 4 rings (SSSR count). The first-order chi connectivity index (χ1) is 14.2. The fourth-order valence-electron chi connectivity index (χ4n) is 3.38. The third-order valence-corrected chi connectivity index (χ3v) is 5.24. The summed E-state index contributed by atoms with van der Waals surface area (Å²) in [5.41, 5.74) is 1.94. The van der Waals surface area contributed by atoms with Crippen molar-refractivity contribution in [3.05, 3.63) is 46.7 Å². The summed E-state index contributed by atoms with van der Waals surface area (Å²) in [5.74, 6) is 0.766. The van der Waals surface area contributed by atoms with E-state index in [1.54, 1.807) is 21.7 Å². The van der Waals surface area contributed by atoms with Crippen LogP contribution in [0.2, 0.25) is 10.0 Å². The molecular weight excluding hydrogens is 425 g/mol. The van der Waals surface area contributed by atoms with E-state index in [0.717, 1.165) is 22.6 Å². The van der Waals surface area contributed by atoms with Gasteiger partial charge < -0.3 is 14.5 Å². The Bertz CT molecular complexity index is 1080. The second-order valence-electron chi connectivity index (χ2n) is 8.22. The van der Waals surface area contributed by atoms with Gasteiger partial charge in [0.05, 0.1) is 17.4 Å². The number of anilines is 1. The number of aromatic nitrogens is 3. The Morgan fingerprint density at radius 2 is 1.80 bits per heavy atom. The number of amides is 1. The minimum atomic E-state index is -0.505. The number of nitrogens with zero attached hydrogens (tertiary/aromatic N) is 5. The second-order valence-corrected chi connectivity index (χ2v) is 9.09. The lowest BCUT2D eigenvalue weighted by Crippen LogP contribution is -2.50. The Morgan fingerprint density at radius 1 is 1.07 bits per heavy atom. The van der Waals surface area contributed by atoms with Crippen LogP contribution in [0.25, 0.3) is 16.8 Å². The minimum Gasteiger partial charge on any atom is -0.444 e. The Morgan fingerprint density at radius 3 is 2.50 bits per heavy atom. The number of fused-ring (bicyclic) bond motifs is 1. The highest BCUT2D eigenvalue weighted by Crippen LogP contribution is 2.30. The van der Waals surface area contributed by atoms with E-state index in [-0.39, 0.29) is 6.09 Å². The topological polar surface area (TPSA) is 63.0 Å². The number of piperazine rings is 1. The molecule has 0 radical (unpaired) electrons. The van der Waals surface area contributed by atoms with Crippen LogP contribution in [0.5, 0.6) is 0 Å². The van der Waals surface area contributed by atoms with Crippen LogP contribution in [0.15, 0.2) is 36.7 Å². The molecular formula is C21H23Cl2N5O2. The van der Waals surface area contributed by atoms with Gasteiger partial charge in [0.25, 0.3) is 0 Å². The number of carbonyl (C=O) groups excluding carboxylic acids is 1. The van der Waals surface area contributed by atoms with Gasteiger partial charge in [-0.05, 0) is 45.0 Å². The maximum atomic E-state index is 12.3. The summed E-state index contributed by atoms with van der Waals surface area (Å²) < 4.78 is 7.22. The lowest BCUT2D eigenvalue weighted by Gasteiger charge is -2.36. The first-order valence-electron chi connectivity index (χ1n) is 9.73. The van der Waals surface area contributed by atoms with Crippen molar-refractivity contribution in [2.24, 2.45) is 0 Å². The molecule has 4 heterocycles. The molecule has 0 atom stereocenters. The van der Waals surface area contributed by atoms with E-state index in [9.17, 15) is 4.79 Å². The van der Waals surface area contributed by atoms with E-state index in [1.807, 2.05) is 45.2 Å². The molecule has 7 nitrogen and oxygen atoms in total. The molecule has 0 unspecified atom stereocenters. The Hall–Kier alpha value is -2.51. The number of hydrogen-bond donors (Lipinski definition) is 0. The molecule has 0 aromatic carbocycles. The molecule has 1 fully saturated rings. The van der Waals surface area contributed by atoms with Gasteiger partial charge >= 0.3 is 6.09 Å². The van der Waals surface area contributed by atoms with Crippen LogP contribution in [-0.2, 0) is 4.74 Å². The van der Waals surface area contributed by atoms with Gasteiger partial charge in [-0.25, -0.2) is 14.3 Å².